The van der Waals surface area contributed by atoms with E-state index < -0.39 is 0 Å². The maximum absolute atomic E-state index is 12.7. The van der Waals surface area contributed by atoms with Crippen LogP contribution in [0.1, 0.15) is 36.2 Å². The molecule has 9 nitrogen and oxygen atoms in total. The molecule has 6 rings (SSSR count). The van der Waals surface area contributed by atoms with Crippen LogP contribution in [0.25, 0.3) is 22.3 Å². The number of nitrogens with two attached hydrogens (primary N) is 1. The topological polar surface area (TPSA) is 119 Å². The highest BCUT2D eigenvalue weighted by Crippen LogP contribution is 2.46. The summed E-state index contributed by atoms with van der Waals surface area (Å²) in [5.74, 6) is 5.80. The van der Waals surface area contributed by atoms with Gasteiger partial charge < -0.3 is 16.0 Å². The molecule has 9 heteroatoms. The van der Waals surface area contributed by atoms with Crippen LogP contribution in [0.5, 0.6) is 0 Å². The summed E-state index contributed by atoms with van der Waals surface area (Å²) >= 11 is 0. The van der Waals surface area contributed by atoms with Crippen LogP contribution in [0.4, 0.5) is 11.5 Å². The van der Waals surface area contributed by atoms with Crippen molar-refractivity contribution in [1.29, 1.82) is 0 Å². The molecule has 1 saturated carbocycles. The van der Waals surface area contributed by atoms with Crippen LogP contribution in [0.15, 0.2) is 60.9 Å². The number of nitrogens with zero attached hydrogens (tertiary/aromatic N) is 5. The van der Waals surface area contributed by atoms with E-state index in [0.29, 0.717) is 34.0 Å². The second kappa shape index (κ2) is 9.06. The molecule has 184 valence electrons. The minimum absolute atomic E-state index is 0.00884. The number of aromatic nitrogens is 4. The Balaban J connectivity index is 1.34. The molecule has 2 bridgehead atoms. The van der Waals surface area contributed by atoms with E-state index >= 15 is 0 Å². The zero-order chi connectivity index (χ0) is 25.5. The van der Waals surface area contributed by atoms with E-state index in [1.54, 1.807) is 19.1 Å². The first-order valence-electron chi connectivity index (χ1n) is 12.2. The fourth-order valence-electron chi connectivity index (χ4n) is 5.60. The Labute approximate surface area is 213 Å². The van der Waals surface area contributed by atoms with Gasteiger partial charge >= 0.3 is 0 Å². The van der Waals surface area contributed by atoms with Gasteiger partial charge in [-0.25, -0.2) is 14.6 Å². The van der Waals surface area contributed by atoms with Gasteiger partial charge in [-0.1, -0.05) is 36.3 Å². The van der Waals surface area contributed by atoms with Crippen molar-refractivity contribution in [1.82, 2.24) is 24.6 Å². The molecule has 1 saturated heterocycles. The van der Waals surface area contributed by atoms with Crippen LogP contribution in [0.3, 0.4) is 0 Å². The second-order valence-corrected chi connectivity index (χ2v) is 9.45. The minimum atomic E-state index is -0.196. The number of anilines is 2. The van der Waals surface area contributed by atoms with E-state index in [4.69, 9.17) is 10.8 Å². The fourth-order valence-corrected chi connectivity index (χ4v) is 5.60. The van der Waals surface area contributed by atoms with Gasteiger partial charge in [0.05, 0.1) is 17.5 Å². The van der Waals surface area contributed by atoms with Gasteiger partial charge in [-0.05, 0) is 55.9 Å². The zero-order valence-corrected chi connectivity index (χ0v) is 20.3. The summed E-state index contributed by atoms with van der Waals surface area (Å²) in [5, 5.41) is 8.52. The number of carbonyl (C=O) groups excluding carboxylic acids is 2. The van der Waals surface area contributed by atoms with Gasteiger partial charge in [0.15, 0.2) is 5.65 Å². The fraction of sp³-hybridized carbons (Fsp3) is 0.250. The molecule has 3 N–H and O–H groups in total. The number of nitrogens with one attached hydrogen (secondary N) is 1. The molecule has 2 aromatic heterocycles. The number of hydrogen-bond donors (Lipinski definition) is 2. The minimum Gasteiger partial charge on any atom is -0.383 e. The van der Waals surface area contributed by atoms with Crippen molar-refractivity contribution in [3.63, 3.8) is 0 Å². The number of benzene rings is 2. The number of amides is 2. The predicted molar refractivity (Wildman–Crippen MR) is 140 cm³/mol. The SMILES string of the molecule is CC#CC(=O)N1CC2CC1C(n1nc(-c3ccc(C(=O)Nc4ccccc4)cc3)c3c(N)ncnc31)C2. The van der Waals surface area contributed by atoms with E-state index in [1.165, 1.54) is 6.33 Å². The zero-order valence-electron chi connectivity index (χ0n) is 20.3. The summed E-state index contributed by atoms with van der Waals surface area (Å²) < 4.78 is 1.90. The summed E-state index contributed by atoms with van der Waals surface area (Å²) in [6.45, 7) is 2.40. The van der Waals surface area contributed by atoms with Gasteiger partial charge in [0.2, 0.25) is 0 Å². The number of nitrogen functional groups attached to an aromatic ring is 1. The van der Waals surface area contributed by atoms with Crippen molar-refractivity contribution in [3.8, 4) is 23.1 Å². The number of carbonyl (C=O) groups is 2. The molecule has 4 aromatic rings. The molecule has 2 aliphatic rings. The van der Waals surface area contributed by atoms with E-state index in [9.17, 15) is 9.59 Å². The monoisotopic (exact) mass is 491 g/mol. The largest absolute Gasteiger partial charge is 0.383 e. The average Bonchev–Trinajstić information content (AvgIpc) is 3.63. The molecule has 1 aliphatic heterocycles. The van der Waals surface area contributed by atoms with Crippen LogP contribution in [-0.4, -0.2) is 49.0 Å². The Bertz CT molecular complexity index is 1570. The normalized spacial score (nSPS) is 20.0. The Morgan fingerprint density at radius 2 is 1.78 bits per heavy atom. The van der Waals surface area contributed by atoms with Crippen LogP contribution in [-0.2, 0) is 4.79 Å². The third kappa shape index (κ3) is 3.96. The summed E-state index contributed by atoms with van der Waals surface area (Å²) in [7, 11) is 0. The van der Waals surface area contributed by atoms with Crippen molar-refractivity contribution in [3.05, 3.63) is 66.5 Å². The highest BCUT2D eigenvalue weighted by Gasteiger charge is 2.48. The maximum atomic E-state index is 12.7. The first-order chi connectivity index (χ1) is 18.0. The van der Waals surface area contributed by atoms with Gasteiger partial charge in [0.25, 0.3) is 11.8 Å². The first kappa shape index (κ1) is 22.7. The third-order valence-corrected chi connectivity index (χ3v) is 7.23. The van der Waals surface area contributed by atoms with Gasteiger partial charge in [0.1, 0.15) is 17.8 Å². The van der Waals surface area contributed by atoms with Gasteiger partial charge in [0, 0.05) is 23.4 Å². The number of likely N-dealkylation sites (tertiary alicyclic amines) is 1. The lowest BCUT2D eigenvalue weighted by Crippen LogP contribution is -2.42. The quantitative estimate of drug-likeness (QED) is 0.422. The number of hydrogen-bond acceptors (Lipinski definition) is 6. The Kier molecular flexibility index (Phi) is 5.57. The highest BCUT2D eigenvalue weighted by molar-refractivity contribution is 6.05. The van der Waals surface area contributed by atoms with E-state index in [-0.39, 0.29) is 23.9 Å². The van der Waals surface area contributed by atoms with Crippen molar-refractivity contribution in [2.45, 2.75) is 31.8 Å². The lowest BCUT2D eigenvalue weighted by Gasteiger charge is -2.32. The standard InChI is InChI=1S/C28H25N7O2/c1-2-6-23(36)34-15-17-13-21(34)22(14-17)35-27-24(26(29)30-16-31-27)25(33-35)18-9-11-19(12-10-18)28(37)32-20-7-4-3-5-8-20/h3-5,7-12,16-17,21-22H,13-15H2,1H3,(H,32,37)(H2,29,30,31). The maximum Gasteiger partial charge on any atom is 0.298 e. The Morgan fingerprint density at radius 1 is 1.03 bits per heavy atom. The van der Waals surface area contributed by atoms with Crippen LogP contribution >= 0.6 is 0 Å². The van der Waals surface area contributed by atoms with Crippen molar-refractivity contribution in [2.24, 2.45) is 5.92 Å². The molecular weight excluding hydrogens is 466 g/mol. The molecular formula is C28H25N7O2. The highest BCUT2D eigenvalue weighted by atomic mass is 16.2. The number of fused-ring (bicyclic) bond motifs is 3. The number of piperidine rings is 1. The van der Waals surface area contributed by atoms with E-state index in [0.717, 1.165) is 30.6 Å². The molecule has 2 amide bonds. The molecule has 3 heterocycles. The van der Waals surface area contributed by atoms with Crippen molar-refractivity contribution >= 4 is 34.4 Å². The summed E-state index contributed by atoms with van der Waals surface area (Å²) in [5.41, 5.74) is 9.66. The number of rotatable bonds is 4. The van der Waals surface area contributed by atoms with Crippen LogP contribution < -0.4 is 11.1 Å². The van der Waals surface area contributed by atoms with Gasteiger partial charge in [-0.15, -0.1) is 0 Å². The molecule has 1 aliphatic carbocycles. The van der Waals surface area contributed by atoms with Crippen LogP contribution in [0, 0.1) is 17.8 Å². The number of para-hydroxylation sites is 1. The second-order valence-electron chi connectivity index (χ2n) is 9.45. The lowest BCUT2D eigenvalue weighted by molar-refractivity contribution is -0.127. The molecule has 37 heavy (non-hydrogen) atoms. The van der Waals surface area contributed by atoms with Gasteiger partial charge in [-0.2, -0.15) is 5.10 Å². The Morgan fingerprint density at radius 3 is 2.51 bits per heavy atom. The molecule has 2 aromatic carbocycles. The molecule has 0 spiro atoms. The van der Waals surface area contributed by atoms with Gasteiger partial charge in [-0.3, -0.25) is 9.59 Å². The summed E-state index contributed by atoms with van der Waals surface area (Å²) in [4.78, 5) is 35.9. The van der Waals surface area contributed by atoms with Crippen molar-refractivity contribution in [2.75, 3.05) is 17.6 Å². The van der Waals surface area contributed by atoms with E-state index in [2.05, 4.69) is 27.1 Å². The summed E-state index contributed by atoms with van der Waals surface area (Å²) in [6, 6.07) is 16.5. The lowest BCUT2D eigenvalue weighted by atomic mass is 10.1. The molecule has 3 unspecified atom stereocenters. The average molecular weight is 492 g/mol. The molecule has 3 atom stereocenters. The molecule has 2 fully saturated rings. The first-order valence-corrected chi connectivity index (χ1v) is 12.2. The van der Waals surface area contributed by atoms with Crippen molar-refractivity contribution < 1.29 is 9.59 Å². The predicted octanol–water partition coefficient (Wildman–Crippen LogP) is 3.51. The Hall–Kier alpha value is -4.71. The summed E-state index contributed by atoms with van der Waals surface area (Å²) in [6.07, 6.45) is 3.27. The smallest absolute Gasteiger partial charge is 0.298 e. The third-order valence-electron chi connectivity index (χ3n) is 7.23. The van der Waals surface area contributed by atoms with E-state index in [1.807, 2.05) is 52.0 Å². The van der Waals surface area contributed by atoms with Crippen LogP contribution in [0.2, 0.25) is 0 Å². The molecule has 0 radical (unpaired) electrons.